The molecule has 172 valence electrons. The molecule has 2 fully saturated rings. The predicted octanol–water partition coefficient (Wildman–Crippen LogP) is 4.27. The summed E-state index contributed by atoms with van der Waals surface area (Å²) in [6.07, 6.45) is 1.65. The fourth-order valence-electron chi connectivity index (χ4n) is 4.72. The van der Waals surface area contributed by atoms with Gasteiger partial charge in [0.05, 0.1) is 10.9 Å². The van der Waals surface area contributed by atoms with Gasteiger partial charge in [0.15, 0.2) is 5.01 Å². The minimum Gasteiger partial charge on any atom is -0.345 e. The van der Waals surface area contributed by atoms with Crippen molar-refractivity contribution in [2.24, 2.45) is 0 Å². The number of hydrogen-bond donors (Lipinski definition) is 1. The number of carbonyl (C=O) groups excluding carboxylic acids is 2. The lowest BCUT2D eigenvalue weighted by Gasteiger charge is -2.51. The van der Waals surface area contributed by atoms with Gasteiger partial charge in [-0.3, -0.25) is 14.5 Å². The Morgan fingerprint density at radius 1 is 1.03 bits per heavy atom. The molecule has 2 aromatic carbocycles. The van der Waals surface area contributed by atoms with Crippen molar-refractivity contribution in [1.82, 2.24) is 20.1 Å². The monoisotopic (exact) mass is 488 g/mol. The molecule has 6 rings (SSSR count). The van der Waals surface area contributed by atoms with Crippen molar-refractivity contribution in [3.63, 3.8) is 0 Å². The number of likely N-dealkylation sites (tertiary alicyclic amines) is 2. The number of hydrogen-bond acceptors (Lipinski definition) is 6. The molecule has 2 aromatic heterocycles. The highest BCUT2D eigenvalue weighted by Gasteiger charge is 2.41. The number of thiophene rings is 1. The number of aromatic nitrogens is 1. The van der Waals surface area contributed by atoms with E-state index in [2.05, 4.69) is 52.5 Å². The topological polar surface area (TPSA) is 65.5 Å². The number of amides is 2. The molecule has 2 aliphatic rings. The summed E-state index contributed by atoms with van der Waals surface area (Å²) < 4.78 is 1.15. The maximum atomic E-state index is 13.2. The first-order valence-electron chi connectivity index (χ1n) is 11.4. The van der Waals surface area contributed by atoms with E-state index in [1.165, 1.54) is 22.5 Å². The molecule has 6 nitrogen and oxygen atoms in total. The molecule has 0 aliphatic carbocycles. The smallest absolute Gasteiger partial charge is 0.280 e. The van der Waals surface area contributed by atoms with Gasteiger partial charge in [-0.1, -0.05) is 42.5 Å². The zero-order valence-electron chi connectivity index (χ0n) is 18.7. The van der Waals surface area contributed by atoms with Crippen LogP contribution >= 0.6 is 22.7 Å². The highest BCUT2D eigenvalue weighted by Crippen LogP contribution is 2.36. The zero-order chi connectivity index (χ0) is 23.2. The van der Waals surface area contributed by atoms with E-state index in [0.29, 0.717) is 11.0 Å². The van der Waals surface area contributed by atoms with Gasteiger partial charge in [-0.05, 0) is 35.1 Å². The molecule has 0 atom stereocenters. The number of aryl methyl sites for hydroxylation is 1. The van der Waals surface area contributed by atoms with Crippen LogP contribution in [-0.4, -0.2) is 64.9 Å². The molecular weight excluding hydrogens is 464 g/mol. The third-order valence-corrected chi connectivity index (χ3v) is 8.79. The van der Waals surface area contributed by atoms with Crippen molar-refractivity contribution in [3.05, 3.63) is 75.6 Å². The van der Waals surface area contributed by atoms with Crippen LogP contribution in [0.25, 0.3) is 21.2 Å². The molecule has 4 aromatic rings. The van der Waals surface area contributed by atoms with E-state index in [1.54, 1.807) is 17.5 Å². The number of nitrogens with zero attached hydrogens (tertiary/aromatic N) is 3. The van der Waals surface area contributed by atoms with Gasteiger partial charge < -0.3 is 10.2 Å². The van der Waals surface area contributed by atoms with Crippen molar-refractivity contribution in [3.8, 4) is 11.1 Å². The number of benzene rings is 2. The van der Waals surface area contributed by atoms with Crippen LogP contribution in [0.15, 0.2) is 60.1 Å². The fraction of sp³-hybridized carbons (Fsp3) is 0.269. The maximum Gasteiger partial charge on any atom is 0.280 e. The Balaban J connectivity index is 1.07. The van der Waals surface area contributed by atoms with Gasteiger partial charge in [0.25, 0.3) is 11.8 Å². The second-order valence-electron chi connectivity index (χ2n) is 8.96. The molecule has 34 heavy (non-hydrogen) atoms. The van der Waals surface area contributed by atoms with Crippen molar-refractivity contribution in [1.29, 1.82) is 0 Å². The summed E-state index contributed by atoms with van der Waals surface area (Å²) >= 11 is 2.95. The molecule has 0 spiro atoms. The number of nitrogens with one attached hydrogen (secondary N) is 1. The van der Waals surface area contributed by atoms with Crippen LogP contribution in [0.5, 0.6) is 0 Å². The largest absolute Gasteiger partial charge is 0.345 e. The van der Waals surface area contributed by atoms with Crippen molar-refractivity contribution in [2.45, 2.75) is 19.0 Å². The normalized spacial score (nSPS) is 16.9. The Morgan fingerprint density at radius 2 is 1.82 bits per heavy atom. The molecule has 0 unspecified atom stereocenters. The lowest BCUT2D eigenvalue weighted by Crippen LogP contribution is -2.70. The van der Waals surface area contributed by atoms with E-state index < -0.39 is 0 Å². The van der Waals surface area contributed by atoms with Gasteiger partial charge in [0.2, 0.25) is 0 Å². The van der Waals surface area contributed by atoms with E-state index in [4.69, 9.17) is 0 Å². The molecule has 0 bridgehead atoms. The first kappa shape index (κ1) is 21.5. The Labute approximate surface area is 205 Å². The lowest BCUT2D eigenvalue weighted by atomic mass is 9.99. The maximum absolute atomic E-state index is 13.2. The van der Waals surface area contributed by atoms with Crippen molar-refractivity contribution < 1.29 is 9.59 Å². The lowest BCUT2D eigenvalue weighted by molar-refractivity contribution is -0.00921. The summed E-state index contributed by atoms with van der Waals surface area (Å²) in [5.41, 5.74) is 3.43. The Morgan fingerprint density at radius 3 is 2.56 bits per heavy atom. The first-order valence-corrected chi connectivity index (χ1v) is 13.1. The Hall–Kier alpha value is -3.07. The molecule has 8 heteroatoms. The Kier molecular flexibility index (Phi) is 5.44. The average molecular weight is 489 g/mol. The quantitative estimate of drug-likeness (QED) is 0.456. The highest BCUT2D eigenvalue weighted by molar-refractivity contribution is 7.21. The summed E-state index contributed by atoms with van der Waals surface area (Å²) in [4.78, 5) is 34.6. The van der Waals surface area contributed by atoms with Gasteiger partial charge in [-0.25, -0.2) is 4.98 Å². The van der Waals surface area contributed by atoms with Crippen LogP contribution in [0.1, 0.15) is 25.0 Å². The first-order chi connectivity index (χ1) is 16.6. The predicted molar refractivity (Wildman–Crippen MR) is 137 cm³/mol. The Bertz CT molecular complexity index is 1350. The summed E-state index contributed by atoms with van der Waals surface area (Å²) in [5.74, 6) is 0.0334. The molecule has 4 heterocycles. The number of rotatable bonds is 5. The van der Waals surface area contributed by atoms with Crippen molar-refractivity contribution in [2.75, 3.05) is 26.2 Å². The second kappa shape index (κ2) is 8.61. The van der Waals surface area contributed by atoms with Crippen molar-refractivity contribution >= 4 is 44.6 Å². The van der Waals surface area contributed by atoms with Crippen LogP contribution in [0.2, 0.25) is 0 Å². The van der Waals surface area contributed by atoms with Gasteiger partial charge in [-0.2, -0.15) is 0 Å². The minimum atomic E-state index is -0.0966. The van der Waals surface area contributed by atoms with Gasteiger partial charge in [0, 0.05) is 48.5 Å². The fourth-order valence-corrected chi connectivity index (χ4v) is 6.47. The van der Waals surface area contributed by atoms with Gasteiger partial charge >= 0.3 is 0 Å². The molecule has 2 amide bonds. The van der Waals surface area contributed by atoms with Crippen LogP contribution in [0.3, 0.4) is 0 Å². The molecule has 2 saturated heterocycles. The summed E-state index contributed by atoms with van der Waals surface area (Å²) in [6.45, 7) is 5.20. The summed E-state index contributed by atoms with van der Waals surface area (Å²) in [7, 11) is 0. The SMILES string of the molecule is Cc1c(C(=O)N2CC(N3CC(NC(=O)c4nccs4)C3)C2)sc2cc(-c3ccccc3)ccc12. The van der Waals surface area contributed by atoms with Crippen LogP contribution in [0, 0.1) is 6.92 Å². The third-order valence-electron chi connectivity index (χ3n) is 6.78. The standard InChI is InChI=1S/C26H24N4O2S2/c1-16-21-8-7-18(17-5-3-2-4-6-17)11-22(21)34-23(16)26(32)30-14-20(15-30)29-12-19(13-29)28-24(31)25-27-9-10-33-25/h2-11,19-20H,12-15H2,1H3,(H,28,31). The summed E-state index contributed by atoms with van der Waals surface area (Å²) in [5, 5.41) is 6.51. The van der Waals surface area contributed by atoms with E-state index in [-0.39, 0.29) is 17.9 Å². The van der Waals surface area contributed by atoms with Crippen LogP contribution < -0.4 is 5.32 Å². The van der Waals surface area contributed by atoms with Crippen LogP contribution in [-0.2, 0) is 0 Å². The van der Waals surface area contributed by atoms with Gasteiger partial charge in [0.1, 0.15) is 0 Å². The number of carbonyl (C=O) groups is 2. The third kappa shape index (κ3) is 3.81. The number of fused-ring (bicyclic) bond motifs is 1. The molecule has 2 aliphatic heterocycles. The molecule has 0 saturated carbocycles. The van der Waals surface area contributed by atoms with Gasteiger partial charge in [-0.15, -0.1) is 22.7 Å². The van der Waals surface area contributed by atoms with E-state index >= 15 is 0 Å². The van der Waals surface area contributed by atoms with E-state index in [1.807, 2.05) is 28.5 Å². The number of thiazole rings is 1. The summed E-state index contributed by atoms with van der Waals surface area (Å²) in [6, 6.07) is 17.3. The highest BCUT2D eigenvalue weighted by atomic mass is 32.1. The van der Waals surface area contributed by atoms with E-state index in [9.17, 15) is 9.59 Å². The molecule has 1 N–H and O–H groups in total. The minimum absolute atomic E-state index is 0.0966. The molecule has 0 radical (unpaired) electrons. The second-order valence-corrected chi connectivity index (χ2v) is 10.9. The van der Waals surface area contributed by atoms with Crippen LogP contribution in [0.4, 0.5) is 0 Å². The van der Waals surface area contributed by atoms with E-state index in [0.717, 1.165) is 46.7 Å². The molecular formula is C26H24N4O2S2. The average Bonchev–Trinajstić information content (AvgIpc) is 3.45. The zero-order valence-corrected chi connectivity index (χ0v) is 20.4.